The van der Waals surface area contributed by atoms with E-state index in [-0.39, 0.29) is 0 Å². The van der Waals surface area contributed by atoms with Gasteiger partial charge < -0.3 is 4.98 Å². The Morgan fingerprint density at radius 3 is 3.11 bits per heavy atom. The predicted molar refractivity (Wildman–Crippen MR) is 82.1 cm³/mol. The first-order valence-corrected chi connectivity index (χ1v) is 6.59. The summed E-state index contributed by atoms with van der Waals surface area (Å²) in [5.41, 5.74) is 5.26. The fourth-order valence-corrected chi connectivity index (χ4v) is 2.17. The molecule has 0 bridgehead atoms. The largest absolute Gasteiger partial charge is 0.340 e. The number of rotatable bonds is 3. The van der Waals surface area contributed by atoms with Gasteiger partial charge in [0.25, 0.3) is 0 Å². The maximum Gasteiger partial charge on any atom is 0.182 e. The van der Waals surface area contributed by atoms with Gasteiger partial charge in [-0.05, 0) is 40.3 Å². The minimum Gasteiger partial charge on any atom is -0.340 e. The average molecular weight is 364 g/mol. The van der Waals surface area contributed by atoms with Crippen molar-refractivity contribution >= 4 is 45.8 Å². The SMILES string of the molecule is Ic1cccc(/C=N/Nc2ncnc3nc[nH]c23)c1. The summed E-state index contributed by atoms with van der Waals surface area (Å²) in [5, 5.41) is 4.17. The Balaban J connectivity index is 1.81. The van der Waals surface area contributed by atoms with Crippen LogP contribution in [0, 0.1) is 3.57 Å². The molecule has 19 heavy (non-hydrogen) atoms. The summed E-state index contributed by atoms with van der Waals surface area (Å²) < 4.78 is 1.17. The maximum absolute atomic E-state index is 4.17. The van der Waals surface area contributed by atoms with Gasteiger partial charge in [-0.3, -0.25) is 5.43 Å². The fraction of sp³-hybridized carbons (Fsp3) is 0. The first-order chi connectivity index (χ1) is 9.33. The first kappa shape index (κ1) is 12.0. The predicted octanol–water partition coefficient (Wildman–Crippen LogP) is 2.40. The average Bonchev–Trinajstić information content (AvgIpc) is 2.88. The Bertz CT molecular complexity index is 736. The Hall–Kier alpha value is -2.03. The van der Waals surface area contributed by atoms with E-state index in [2.05, 4.69) is 53.1 Å². The van der Waals surface area contributed by atoms with Gasteiger partial charge in [0.05, 0.1) is 12.5 Å². The molecule has 0 aliphatic carbocycles. The van der Waals surface area contributed by atoms with Crippen molar-refractivity contribution in [3.63, 3.8) is 0 Å². The first-order valence-electron chi connectivity index (χ1n) is 5.51. The van der Waals surface area contributed by atoms with Gasteiger partial charge in [0.15, 0.2) is 11.5 Å². The van der Waals surface area contributed by atoms with Gasteiger partial charge >= 0.3 is 0 Å². The van der Waals surface area contributed by atoms with Crippen LogP contribution >= 0.6 is 22.6 Å². The molecule has 0 saturated heterocycles. The number of imidazole rings is 1. The molecule has 1 aromatic carbocycles. The molecule has 2 N–H and O–H groups in total. The number of benzene rings is 1. The van der Waals surface area contributed by atoms with Gasteiger partial charge in [0, 0.05) is 3.57 Å². The van der Waals surface area contributed by atoms with Crippen molar-refractivity contribution in [1.82, 2.24) is 19.9 Å². The van der Waals surface area contributed by atoms with Crippen LogP contribution in [0.25, 0.3) is 11.2 Å². The molecule has 7 heteroatoms. The lowest BCUT2D eigenvalue weighted by molar-refractivity contribution is 1.17. The molecule has 0 atom stereocenters. The second kappa shape index (κ2) is 5.31. The van der Waals surface area contributed by atoms with Crippen LogP contribution < -0.4 is 5.43 Å². The Morgan fingerprint density at radius 1 is 1.26 bits per heavy atom. The summed E-state index contributed by atoms with van der Waals surface area (Å²) in [5.74, 6) is 0.601. The van der Waals surface area contributed by atoms with Crippen molar-refractivity contribution < 1.29 is 0 Å². The van der Waals surface area contributed by atoms with Gasteiger partial charge in [0.2, 0.25) is 0 Å². The third kappa shape index (κ3) is 2.70. The minimum absolute atomic E-state index is 0.601. The molecule has 0 radical (unpaired) electrons. The van der Waals surface area contributed by atoms with Gasteiger partial charge in [-0.25, -0.2) is 15.0 Å². The van der Waals surface area contributed by atoms with Gasteiger partial charge in [-0.2, -0.15) is 5.10 Å². The van der Waals surface area contributed by atoms with Crippen LogP contribution in [0.3, 0.4) is 0 Å². The maximum atomic E-state index is 4.17. The molecule has 2 aromatic heterocycles. The Morgan fingerprint density at radius 2 is 2.21 bits per heavy atom. The molecule has 3 aromatic rings. The van der Waals surface area contributed by atoms with Crippen molar-refractivity contribution in [2.75, 3.05) is 5.43 Å². The van der Waals surface area contributed by atoms with Crippen molar-refractivity contribution in [3.05, 3.63) is 46.1 Å². The molecule has 0 fully saturated rings. The second-order valence-corrected chi connectivity index (χ2v) is 4.99. The molecule has 0 spiro atoms. The summed E-state index contributed by atoms with van der Waals surface area (Å²) in [6.07, 6.45) is 4.77. The van der Waals surface area contributed by atoms with E-state index in [4.69, 9.17) is 0 Å². The molecule has 0 unspecified atom stereocenters. The number of aromatic nitrogens is 4. The molecule has 0 aliphatic heterocycles. The highest BCUT2D eigenvalue weighted by molar-refractivity contribution is 14.1. The third-order valence-electron chi connectivity index (χ3n) is 2.46. The van der Waals surface area contributed by atoms with Crippen molar-refractivity contribution in [1.29, 1.82) is 0 Å². The smallest absolute Gasteiger partial charge is 0.182 e. The lowest BCUT2D eigenvalue weighted by Crippen LogP contribution is -1.95. The number of aromatic amines is 1. The zero-order valence-electron chi connectivity index (χ0n) is 9.71. The number of halogens is 1. The van der Waals surface area contributed by atoms with E-state index in [9.17, 15) is 0 Å². The minimum atomic E-state index is 0.601. The number of hydrogen-bond donors (Lipinski definition) is 2. The summed E-state index contributed by atoms with van der Waals surface area (Å²) >= 11 is 2.26. The van der Waals surface area contributed by atoms with Crippen LogP contribution in [-0.2, 0) is 0 Å². The molecular formula is C12H9IN6. The quantitative estimate of drug-likeness (QED) is 0.425. The summed E-state index contributed by atoms with van der Waals surface area (Å²) in [6, 6.07) is 8.04. The number of fused-ring (bicyclic) bond motifs is 1. The van der Waals surface area contributed by atoms with E-state index >= 15 is 0 Å². The van der Waals surface area contributed by atoms with Crippen LogP contribution in [0.2, 0.25) is 0 Å². The highest BCUT2D eigenvalue weighted by atomic mass is 127. The van der Waals surface area contributed by atoms with Crippen molar-refractivity contribution in [2.24, 2.45) is 5.10 Å². The number of anilines is 1. The zero-order chi connectivity index (χ0) is 13.1. The molecule has 2 heterocycles. The van der Waals surface area contributed by atoms with Crippen LogP contribution in [0.15, 0.2) is 42.0 Å². The monoisotopic (exact) mass is 364 g/mol. The van der Waals surface area contributed by atoms with Crippen molar-refractivity contribution in [3.8, 4) is 0 Å². The van der Waals surface area contributed by atoms with E-state index in [0.717, 1.165) is 11.1 Å². The molecule has 6 nitrogen and oxygen atoms in total. The molecule has 0 saturated carbocycles. The van der Waals surface area contributed by atoms with E-state index in [1.807, 2.05) is 24.3 Å². The van der Waals surface area contributed by atoms with Gasteiger partial charge in [0.1, 0.15) is 11.8 Å². The van der Waals surface area contributed by atoms with Crippen LogP contribution in [0.5, 0.6) is 0 Å². The van der Waals surface area contributed by atoms with Crippen LogP contribution in [0.1, 0.15) is 5.56 Å². The second-order valence-electron chi connectivity index (χ2n) is 3.75. The number of H-pyrrole nitrogens is 1. The van der Waals surface area contributed by atoms with E-state index < -0.39 is 0 Å². The highest BCUT2D eigenvalue weighted by Gasteiger charge is 2.03. The van der Waals surface area contributed by atoms with Crippen LogP contribution in [-0.4, -0.2) is 26.2 Å². The number of hydrogen-bond acceptors (Lipinski definition) is 5. The Labute approximate surface area is 122 Å². The Kier molecular flexibility index (Phi) is 3.36. The number of hydrazone groups is 1. The van der Waals surface area contributed by atoms with E-state index in [1.165, 1.54) is 9.90 Å². The van der Waals surface area contributed by atoms with E-state index in [1.54, 1.807) is 12.5 Å². The summed E-state index contributed by atoms with van der Waals surface area (Å²) in [7, 11) is 0. The number of nitrogens with one attached hydrogen (secondary N) is 2. The standard InChI is InChI=1S/C12H9IN6/c13-9-3-1-2-8(4-9)5-18-19-12-10-11(15-6-14-10)16-7-17-12/h1-7H,(H2,14,15,16,17,19)/b18-5+. The summed E-state index contributed by atoms with van der Waals surface area (Å²) in [4.78, 5) is 15.2. The van der Waals surface area contributed by atoms with E-state index in [0.29, 0.717) is 11.5 Å². The lowest BCUT2D eigenvalue weighted by atomic mass is 10.2. The molecule has 0 amide bonds. The fourth-order valence-electron chi connectivity index (χ4n) is 1.60. The lowest BCUT2D eigenvalue weighted by Gasteiger charge is -1.99. The van der Waals surface area contributed by atoms with Crippen LogP contribution in [0.4, 0.5) is 5.82 Å². The molecule has 94 valence electrons. The topological polar surface area (TPSA) is 78.8 Å². The molecule has 3 rings (SSSR count). The number of nitrogens with zero attached hydrogens (tertiary/aromatic N) is 4. The third-order valence-corrected chi connectivity index (χ3v) is 3.13. The normalized spacial score (nSPS) is 11.2. The molecule has 0 aliphatic rings. The molecular weight excluding hydrogens is 355 g/mol. The summed E-state index contributed by atoms with van der Waals surface area (Å²) in [6.45, 7) is 0. The zero-order valence-corrected chi connectivity index (χ0v) is 11.9. The highest BCUT2D eigenvalue weighted by Crippen LogP contribution is 2.14. The van der Waals surface area contributed by atoms with Gasteiger partial charge in [-0.1, -0.05) is 12.1 Å². The van der Waals surface area contributed by atoms with Gasteiger partial charge in [-0.15, -0.1) is 0 Å². The van der Waals surface area contributed by atoms with Crippen molar-refractivity contribution in [2.45, 2.75) is 0 Å².